The molecule has 0 aromatic heterocycles. The van der Waals surface area contributed by atoms with Crippen LogP contribution in [0.4, 0.5) is 0 Å². The SMILES string of the molecule is CCC1NC(c2cc(C)ccc2C)N(C(C)CC)C1=O. The van der Waals surface area contributed by atoms with Crippen LogP contribution in [0.1, 0.15) is 56.5 Å². The maximum absolute atomic E-state index is 12.6. The van der Waals surface area contributed by atoms with Crippen LogP contribution < -0.4 is 5.32 Å². The highest BCUT2D eigenvalue weighted by molar-refractivity contribution is 5.84. The number of hydrogen-bond acceptors (Lipinski definition) is 2. The van der Waals surface area contributed by atoms with Crippen molar-refractivity contribution in [2.24, 2.45) is 0 Å². The van der Waals surface area contributed by atoms with Gasteiger partial charge < -0.3 is 4.90 Å². The number of carbonyl (C=O) groups excluding carboxylic acids is 1. The Hall–Kier alpha value is -1.35. The van der Waals surface area contributed by atoms with E-state index < -0.39 is 0 Å². The summed E-state index contributed by atoms with van der Waals surface area (Å²) in [7, 11) is 0. The normalized spacial score (nSPS) is 24.2. The molecule has 0 aliphatic carbocycles. The van der Waals surface area contributed by atoms with Crippen molar-refractivity contribution in [1.29, 1.82) is 0 Å². The molecule has 1 saturated heterocycles. The van der Waals surface area contributed by atoms with E-state index in [1.807, 2.05) is 4.90 Å². The zero-order valence-electron chi connectivity index (χ0n) is 13.2. The molecule has 1 fully saturated rings. The third-order valence-electron chi connectivity index (χ3n) is 4.39. The van der Waals surface area contributed by atoms with Gasteiger partial charge in [-0.05, 0) is 44.7 Å². The number of rotatable bonds is 4. The molecule has 1 aliphatic heterocycles. The van der Waals surface area contributed by atoms with Crippen molar-refractivity contribution in [3.8, 4) is 0 Å². The zero-order chi connectivity index (χ0) is 14.9. The van der Waals surface area contributed by atoms with Gasteiger partial charge in [-0.15, -0.1) is 0 Å². The van der Waals surface area contributed by atoms with Crippen molar-refractivity contribution < 1.29 is 4.79 Å². The number of hydrogen-bond donors (Lipinski definition) is 1. The summed E-state index contributed by atoms with van der Waals surface area (Å²) in [4.78, 5) is 14.6. The summed E-state index contributed by atoms with van der Waals surface area (Å²) in [6.45, 7) is 10.6. The fraction of sp³-hybridized carbons (Fsp3) is 0.588. The molecule has 0 saturated carbocycles. The third-order valence-corrected chi connectivity index (χ3v) is 4.39. The Labute approximate surface area is 122 Å². The van der Waals surface area contributed by atoms with Gasteiger partial charge in [0.2, 0.25) is 5.91 Å². The molecule has 0 spiro atoms. The Morgan fingerprint density at radius 3 is 2.60 bits per heavy atom. The first-order valence-electron chi connectivity index (χ1n) is 7.64. The van der Waals surface area contributed by atoms with Gasteiger partial charge in [-0.1, -0.05) is 37.6 Å². The van der Waals surface area contributed by atoms with Gasteiger partial charge >= 0.3 is 0 Å². The van der Waals surface area contributed by atoms with Gasteiger partial charge in [-0.25, -0.2) is 0 Å². The number of carbonyl (C=O) groups is 1. The van der Waals surface area contributed by atoms with E-state index in [4.69, 9.17) is 0 Å². The highest BCUT2D eigenvalue weighted by Gasteiger charge is 2.40. The van der Waals surface area contributed by atoms with E-state index in [2.05, 4.69) is 58.1 Å². The van der Waals surface area contributed by atoms with Crippen molar-refractivity contribution in [2.75, 3.05) is 0 Å². The Kier molecular flexibility index (Phi) is 4.48. The van der Waals surface area contributed by atoms with Crippen molar-refractivity contribution in [2.45, 2.75) is 65.7 Å². The van der Waals surface area contributed by atoms with Crippen molar-refractivity contribution >= 4 is 5.91 Å². The number of nitrogens with one attached hydrogen (secondary N) is 1. The second kappa shape index (κ2) is 5.96. The summed E-state index contributed by atoms with van der Waals surface area (Å²) in [6.07, 6.45) is 1.83. The first kappa shape index (κ1) is 15.0. The zero-order valence-corrected chi connectivity index (χ0v) is 13.2. The molecule has 1 amide bonds. The van der Waals surface area contributed by atoms with Crippen LogP contribution in [0.3, 0.4) is 0 Å². The van der Waals surface area contributed by atoms with Gasteiger partial charge in [0.25, 0.3) is 0 Å². The lowest BCUT2D eigenvalue weighted by Gasteiger charge is -2.31. The van der Waals surface area contributed by atoms with Gasteiger partial charge in [0.15, 0.2) is 0 Å². The van der Waals surface area contributed by atoms with E-state index in [1.54, 1.807) is 0 Å². The number of aryl methyl sites for hydroxylation is 2. The maximum Gasteiger partial charge on any atom is 0.241 e. The monoisotopic (exact) mass is 274 g/mol. The summed E-state index contributed by atoms with van der Waals surface area (Å²) >= 11 is 0. The topological polar surface area (TPSA) is 32.3 Å². The molecular weight excluding hydrogens is 248 g/mol. The standard InChI is InChI=1S/C17H26N2O/c1-6-13(5)19-16(18-15(7-2)17(19)20)14-10-11(3)8-9-12(14)4/h8-10,13,15-16,18H,6-7H2,1-5H3. The minimum absolute atomic E-state index is 0.0160. The molecular formula is C17H26N2O. The fourth-order valence-corrected chi connectivity index (χ4v) is 2.90. The molecule has 110 valence electrons. The van der Waals surface area contributed by atoms with Gasteiger partial charge in [0.1, 0.15) is 6.17 Å². The molecule has 3 atom stereocenters. The Morgan fingerprint density at radius 1 is 1.30 bits per heavy atom. The summed E-state index contributed by atoms with van der Waals surface area (Å²) < 4.78 is 0. The van der Waals surface area contributed by atoms with Crippen LogP contribution in [-0.4, -0.2) is 22.9 Å². The number of nitrogens with zero attached hydrogens (tertiary/aromatic N) is 1. The van der Waals surface area contributed by atoms with Crippen LogP contribution in [0.15, 0.2) is 18.2 Å². The molecule has 3 unspecified atom stereocenters. The van der Waals surface area contributed by atoms with E-state index >= 15 is 0 Å². The van der Waals surface area contributed by atoms with Crippen molar-refractivity contribution in [3.05, 3.63) is 34.9 Å². The first-order valence-corrected chi connectivity index (χ1v) is 7.64. The number of amides is 1. The lowest BCUT2D eigenvalue weighted by molar-refractivity contribution is -0.132. The van der Waals surface area contributed by atoms with Gasteiger partial charge in [-0.3, -0.25) is 10.1 Å². The van der Waals surface area contributed by atoms with Gasteiger partial charge in [0, 0.05) is 6.04 Å². The lowest BCUT2D eigenvalue weighted by Crippen LogP contribution is -2.38. The lowest BCUT2D eigenvalue weighted by atomic mass is 10.0. The molecule has 2 rings (SSSR count). The average Bonchev–Trinajstić information content (AvgIpc) is 2.77. The van der Waals surface area contributed by atoms with E-state index in [-0.39, 0.29) is 24.2 Å². The van der Waals surface area contributed by atoms with E-state index in [0.717, 1.165) is 12.8 Å². The molecule has 0 bridgehead atoms. The van der Waals surface area contributed by atoms with Crippen LogP contribution in [0, 0.1) is 13.8 Å². The smallest absolute Gasteiger partial charge is 0.241 e. The number of benzene rings is 1. The summed E-state index contributed by atoms with van der Waals surface area (Å²) in [5.74, 6) is 0.243. The molecule has 1 aromatic carbocycles. The molecule has 3 heteroatoms. The third kappa shape index (κ3) is 2.59. The minimum Gasteiger partial charge on any atom is -0.319 e. The summed E-state index contributed by atoms with van der Waals surface area (Å²) in [6, 6.07) is 6.68. The largest absolute Gasteiger partial charge is 0.319 e. The molecule has 20 heavy (non-hydrogen) atoms. The van der Waals surface area contributed by atoms with E-state index in [0.29, 0.717) is 0 Å². The Morgan fingerprint density at radius 2 is 2.00 bits per heavy atom. The molecule has 1 heterocycles. The van der Waals surface area contributed by atoms with E-state index in [9.17, 15) is 4.79 Å². The van der Waals surface area contributed by atoms with Gasteiger partial charge in [0.05, 0.1) is 6.04 Å². The maximum atomic E-state index is 12.6. The van der Waals surface area contributed by atoms with Crippen LogP contribution in [0.25, 0.3) is 0 Å². The predicted molar refractivity (Wildman–Crippen MR) is 82.5 cm³/mol. The second-order valence-corrected chi connectivity index (χ2v) is 5.89. The highest BCUT2D eigenvalue weighted by Crippen LogP contribution is 2.31. The highest BCUT2D eigenvalue weighted by atomic mass is 16.2. The fourth-order valence-electron chi connectivity index (χ4n) is 2.90. The van der Waals surface area contributed by atoms with Crippen molar-refractivity contribution in [3.63, 3.8) is 0 Å². The Bertz CT molecular complexity index is 498. The average molecular weight is 274 g/mol. The molecule has 1 aromatic rings. The molecule has 1 aliphatic rings. The summed E-state index contributed by atoms with van der Waals surface area (Å²) in [5, 5.41) is 3.52. The van der Waals surface area contributed by atoms with Crippen LogP contribution in [0.2, 0.25) is 0 Å². The summed E-state index contributed by atoms with van der Waals surface area (Å²) in [5.41, 5.74) is 3.71. The second-order valence-electron chi connectivity index (χ2n) is 5.89. The van der Waals surface area contributed by atoms with Crippen LogP contribution in [0.5, 0.6) is 0 Å². The van der Waals surface area contributed by atoms with Crippen molar-refractivity contribution in [1.82, 2.24) is 10.2 Å². The molecule has 0 radical (unpaired) electrons. The minimum atomic E-state index is -0.0473. The van der Waals surface area contributed by atoms with Gasteiger partial charge in [-0.2, -0.15) is 0 Å². The molecule has 3 nitrogen and oxygen atoms in total. The molecule has 1 N–H and O–H groups in total. The van der Waals surface area contributed by atoms with Crippen LogP contribution in [-0.2, 0) is 4.79 Å². The predicted octanol–water partition coefficient (Wildman–Crippen LogP) is 3.31. The first-order chi connectivity index (χ1) is 9.49. The Balaban J connectivity index is 2.42. The van der Waals surface area contributed by atoms with Crippen LogP contribution >= 0.6 is 0 Å². The van der Waals surface area contributed by atoms with E-state index in [1.165, 1.54) is 16.7 Å². The quantitative estimate of drug-likeness (QED) is 0.913.